The molecule has 1 saturated heterocycles. The molecule has 2 rings (SSSR count). The molecule has 80 valence electrons. The summed E-state index contributed by atoms with van der Waals surface area (Å²) in [7, 11) is 2.09. The van der Waals surface area contributed by atoms with E-state index < -0.39 is 5.97 Å². The number of rotatable bonds is 3. The summed E-state index contributed by atoms with van der Waals surface area (Å²) in [6.07, 6.45) is 2.20. The van der Waals surface area contributed by atoms with Crippen molar-refractivity contribution in [2.45, 2.75) is 18.9 Å². The Balaban J connectivity index is 1.94. The van der Waals surface area contributed by atoms with Crippen LogP contribution >= 0.6 is 0 Å². The van der Waals surface area contributed by atoms with Crippen LogP contribution in [-0.4, -0.2) is 60.1 Å². The van der Waals surface area contributed by atoms with Gasteiger partial charge in [0, 0.05) is 26.2 Å². The number of nitrogens with zero attached hydrogens (tertiary/aromatic N) is 2. The van der Waals surface area contributed by atoms with E-state index in [2.05, 4.69) is 16.8 Å². The standard InChI is InChI=1S/C10H18N2O2/c1-11-4-6-12(7-5-11)9(10(13)14)8-2-3-8/h8-9H,2-7H2,1H3,(H,13,14). The van der Waals surface area contributed by atoms with Gasteiger partial charge >= 0.3 is 5.97 Å². The molecule has 0 aromatic heterocycles. The van der Waals surface area contributed by atoms with Crippen LogP contribution in [0.1, 0.15) is 12.8 Å². The van der Waals surface area contributed by atoms with E-state index in [1.54, 1.807) is 0 Å². The summed E-state index contributed by atoms with van der Waals surface area (Å²) in [6.45, 7) is 3.81. The highest BCUT2D eigenvalue weighted by Crippen LogP contribution is 2.35. The second-order valence-electron chi connectivity index (χ2n) is 4.46. The predicted molar refractivity (Wildman–Crippen MR) is 53.2 cm³/mol. The Hall–Kier alpha value is -0.610. The Kier molecular flexibility index (Phi) is 2.74. The molecule has 0 bridgehead atoms. The minimum atomic E-state index is -0.628. The lowest BCUT2D eigenvalue weighted by Gasteiger charge is -2.36. The van der Waals surface area contributed by atoms with Crippen molar-refractivity contribution in [3.05, 3.63) is 0 Å². The molecular weight excluding hydrogens is 180 g/mol. The Morgan fingerprint density at radius 1 is 1.29 bits per heavy atom. The van der Waals surface area contributed by atoms with Gasteiger partial charge in [-0.05, 0) is 25.8 Å². The zero-order valence-electron chi connectivity index (χ0n) is 8.65. The Labute approximate surface area is 84.5 Å². The van der Waals surface area contributed by atoms with E-state index in [1.807, 2.05) is 0 Å². The fourth-order valence-electron chi connectivity index (χ4n) is 2.17. The van der Waals surface area contributed by atoms with Gasteiger partial charge in [-0.25, -0.2) is 0 Å². The van der Waals surface area contributed by atoms with Crippen molar-refractivity contribution in [3.63, 3.8) is 0 Å². The van der Waals surface area contributed by atoms with Crippen molar-refractivity contribution in [1.29, 1.82) is 0 Å². The van der Waals surface area contributed by atoms with Gasteiger partial charge in [0.25, 0.3) is 0 Å². The van der Waals surface area contributed by atoms with Crippen molar-refractivity contribution in [1.82, 2.24) is 9.80 Å². The molecule has 0 amide bonds. The first-order valence-electron chi connectivity index (χ1n) is 5.34. The number of carboxylic acid groups (broad SMARTS) is 1. The number of piperazine rings is 1. The van der Waals surface area contributed by atoms with Crippen LogP contribution in [0, 0.1) is 5.92 Å². The van der Waals surface area contributed by atoms with Gasteiger partial charge < -0.3 is 10.0 Å². The molecule has 1 heterocycles. The fourth-order valence-corrected chi connectivity index (χ4v) is 2.17. The van der Waals surface area contributed by atoms with E-state index in [9.17, 15) is 4.79 Å². The molecule has 1 unspecified atom stereocenters. The van der Waals surface area contributed by atoms with E-state index in [0.29, 0.717) is 5.92 Å². The number of carboxylic acids is 1. The minimum absolute atomic E-state index is 0.205. The summed E-state index contributed by atoms with van der Waals surface area (Å²) in [5.41, 5.74) is 0. The highest BCUT2D eigenvalue weighted by molar-refractivity contribution is 5.74. The number of hydrogen-bond acceptors (Lipinski definition) is 3. The predicted octanol–water partition coefficient (Wildman–Crippen LogP) is 0.0970. The molecule has 4 heteroatoms. The maximum absolute atomic E-state index is 11.1. The maximum atomic E-state index is 11.1. The Morgan fingerprint density at radius 2 is 1.86 bits per heavy atom. The maximum Gasteiger partial charge on any atom is 0.321 e. The average Bonchev–Trinajstić information content (AvgIpc) is 2.92. The molecule has 1 saturated carbocycles. The highest BCUT2D eigenvalue weighted by atomic mass is 16.4. The molecule has 0 radical (unpaired) electrons. The minimum Gasteiger partial charge on any atom is -0.480 e. The van der Waals surface area contributed by atoms with Gasteiger partial charge in [0.1, 0.15) is 6.04 Å². The topological polar surface area (TPSA) is 43.8 Å². The molecule has 1 aliphatic heterocycles. The highest BCUT2D eigenvalue weighted by Gasteiger charge is 2.40. The van der Waals surface area contributed by atoms with E-state index in [1.165, 1.54) is 0 Å². The molecule has 2 aliphatic rings. The SMILES string of the molecule is CN1CCN(C(C(=O)O)C2CC2)CC1. The number of aliphatic carboxylic acids is 1. The molecule has 0 spiro atoms. The van der Waals surface area contributed by atoms with Gasteiger partial charge in [-0.1, -0.05) is 0 Å². The molecule has 4 nitrogen and oxygen atoms in total. The lowest BCUT2D eigenvalue weighted by molar-refractivity contribution is -0.144. The molecule has 1 aliphatic carbocycles. The third kappa shape index (κ3) is 2.07. The number of likely N-dealkylation sites (N-methyl/N-ethyl adjacent to an activating group) is 1. The number of hydrogen-bond donors (Lipinski definition) is 1. The summed E-state index contributed by atoms with van der Waals surface area (Å²) in [6, 6.07) is -0.205. The first-order valence-corrected chi connectivity index (χ1v) is 5.34. The third-order valence-corrected chi connectivity index (χ3v) is 3.25. The van der Waals surface area contributed by atoms with Crippen molar-refractivity contribution >= 4 is 5.97 Å². The Morgan fingerprint density at radius 3 is 2.29 bits per heavy atom. The summed E-state index contributed by atoms with van der Waals surface area (Å²) in [4.78, 5) is 15.5. The monoisotopic (exact) mass is 198 g/mol. The van der Waals surface area contributed by atoms with Gasteiger partial charge in [0.05, 0.1) is 0 Å². The van der Waals surface area contributed by atoms with Crippen LogP contribution in [0.25, 0.3) is 0 Å². The van der Waals surface area contributed by atoms with Crippen LogP contribution in [0.5, 0.6) is 0 Å². The van der Waals surface area contributed by atoms with Crippen LogP contribution in [-0.2, 0) is 4.79 Å². The van der Waals surface area contributed by atoms with E-state index >= 15 is 0 Å². The Bertz CT molecular complexity index is 220. The van der Waals surface area contributed by atoms with Crippen molar-refractivity contribution in [3.8, 4) is 0 Å². The molecule has 1 atom stereocenters. The van der Waals surface area contributed by atoms with Crippen LogP contribution in [0.4, 0.5) is 0 Å². The zero-order chi connectivity index (χ0) is 10.1. The van der Waals surface area contributed by atoms with Crippen LogP contribution in [0.15, 0.2) is 0 Å². The lowest BCUT2D eigenvalue weighted by atomic mass is 10.1. The first-order chi connectivity index (χ1) is 6.68. The number of carbonyl (C=O) groups is 1. The first kappa shape index (κ1) is 9.93. The van der Waals surface area contributed by atoms with E-state index in [0.717, 1.165) is 39.0 Å². The fraction of sp³-hybridized carbons (Fsp3) is 0.900. The van der Waals surface area contributed by atoms with E-state index in [4.69, 9.17) is 5.11 Å². The van der Waals surface area contributed by atoms with Gasteiger partial charge in [-0.2, -0.15) is 0 Å². The van der Waals surface area contributed by atoms with E-state index in [-0.39, 0.29) is 6.04 Å². The van der Waals surface area contributed by atoms with Crippen LogP contribution < -0.4 is 0 Å². The summed E-state index contributed by atoms with van der Waals surface area (Å²) in [5, 5.41) is 9.15. The second kappa shape index (κ2) is 3.87. The van der Waals surface area contributed by atoms with Gasteiger partial charge in [0.15, 0.2) is 0 Å². The molecule has 1 N–H and O–H groups in total. The molecular formula is C10H18N2O2. The summed E-state index contributed by atoms with van der Waals surface area (Å²) in [5.74, 6) is -0.201. The molecule has 0 aromatic rings. The normalized spacial score (nSPS) is 27.5. The van der Waals surface area contributed by atoms with Crippen molar-refractivity contribution in [2.75, 3.05) is 33.2 Å². The summed E-state index contributed by atoms with van der Waals surface area (Å²) < 4.78 is 0. The van der Waals surface area contributed by atoms with Crippen molar-refractivity contribution in [2.24, 2.45) is 5.92 Å². The van der Waals surface area contributed by atoms with Gasteiger partial charge in [-0.3, -0.25) is 9.69 Å². The quantitative estimate of drug-likeness (QED) is 0.698. The average molecular weight is 198 g/mol. The van der Waals surface area contributed by atoms with Crippen LogP contribution in [0.3, 0.4) is 0 Å². The molecule has 14 heavy (non-hydrogen) atoms. The third-order valence-electron chi connectivity index (χ3n) is 3.25. The zero-order valence-corrected chi connectivity index (χ0v) is 8.65. The largest absolute Gasteiger partial charge is 0.480 e. The smallest absolute Gasteiger partial charge is 0.321 e. The lowest BCUT2D eigenvalue weighted by Crippen LogP contribution is -2.52. The summed E-state index contributed by atoms with van der Waals surface area (Å²) >= 11 is 0. The van der Waals surface area contributed by atoms with Gasteiger partial charge in [0.2, 0.25) is 0 Å². The molecule has 2 fully saturated rings. The van der Waals surface area contributed by atoms with Crippen LogP contribution in [0.2, 0.25) is 0 Å². The van der Waals surface area contributed by atoms with Crippen molar-refractivity contribution < 1.29 is 9.90 Å². The van der Waals surface area contributed by atoms with Gasteiger partial charge in [-0.15, -0.1) is 0 Å². The second-order valence-corrected chi connectivity index (χ2v) is 4.46. The molecule has 0 aromatic carbocycles.